The summed E-state index contributed by atoms with van der Waals surface area (Å²) in [6.45, 7) is 3.99. The lowest BCUT2D eigenvalue weighted by Crippen LogP contribution is -2.33. The number of sulfone groups is 1. The first-order valence-electron chi connectivity index (χ1n) is 10.1. The van der Waals surface area contributed by atoms with Crippen LogP contribution in [0.5, 0.6) is 0 Å². The number of rotatable bonds is 10. The van der Waals surface area contributed by atoms with Gasteiger partial charge in [0.15, 0.2) is 15.7 Å². The van der Waals surface area contributed by atoms with Gasteiger partial charge in [-0.2, -0.15) is 4.98 Å². The van der Waals surface area contributed by atoms with Crippen molar-refractivity contribution in [2.24, 2.45) is 0 Å². The highest BCUT2D eigenvalue weighted by Crippen LogP contribution is 2.14. The van der Waals surface area contributed by atoms with Crippen LogP contribution in [-0.4, -0.2) is 55.5 Å². The monoisotopic (exact) mass is 420 g/mol. The largest absolute Gasteiger partial charge is 0.356 e. The molecular weight excluding hydrogens is 392 g/mol. The molecule has 29 heavy (non-hydrogen) atoms. The summed E-state index contributed by atoms with van der Waals surface area (Å²) in [5, 5.41) is 6.64. The number of aromatic nitrogens is 2. The molecule has 1 aromatic heterocycles. The minimum absolute atomic E-state index is 0.0692. The van der Waals surface area contributed by atoms with Crippen molar-refractivity contribution in [3.63, 3.8) is 0 Å². The molecule has 2 heterocycles. The molecule has 0 radical (unpaired) electrons. The van der Waals surface area contributed by atoms with Crippen molar-refractivity contribution in [1.29, 1.82) is 0 Å². The molecule has 8 nitrogen and oxygen atoms in total. The smallest absolute Gasteiger partial charge is 0.227 e. The SMILES string of the molecule is O=C(CCc1nc(CS(=O)(=O)c2ccccc2)no1)NCCCN1CCCCC1. The summed E-state index contributed by atoms with van der Waals surface area (Å²) in [4.78, 5) is 18.7. The van der Waals surface area contributed by atoms with Gasteiger partial charge in [0, 0.05) is 19.4 Å². The minimum atomic E-state index is -3.52. The molecule has 3 rings (SSSR count). The molecule has 0 spiro atoms. The van der Waals surface area contributed by atoms with E-state index in [0.29, 0.717) is 6.54 Å². The summed E-state index contributed by atoms with van der Waals surface area (Å²) in [6, 6.07) is 8.15. The molecule has 0 unspecified atom stereocenters. The predicted molar refractivity (Wildman–Crippen MR) is 108 cm³/mol. The fourth-order valence-corrected chi connectivity index (χ4v) is 4.55. The van der Waals surface area contributed by atoms with Crippen molar-refractivity contribution in [2.75, 3.05) is 26.2 Å². The Labute approximate surface area is 171 Å². The van der Waals surface area contributed by atoms with Gasteiger partial charge in [0.1, 0.15) is 5.75 Å². The normalized spacial score (nSPS) is 15.3. The first kappa shape index (κ1) is 21.4. The van der Waals surface area contributed by atoms with Crippen LogP contribution in [0.2, 0.25) is 0 Å². The summed E-state index contributed by atoms with van der Waals surface area (Å²) in [5.74, 6) is -0.0266. The summed E-state index contributed by atoms with van der Waals surface area (Å²) >= 11 is 0. The lowest BCUT2D eigenvalue weighted by atomic mass is 10.1. The highest BCUT2D eigenvalue weighted by atomic mass is 32.2. The number of hydrogen-bond acceptors (Lipinski definition) is 7. The van der Waals surface area contributed by atoms with Gasteiger partial charge in [-0.05, 0) is 51.0 Å². The van der Waals surface area contributed by atoms with Crippen LogP contribution in [-0.2, 0) is 26.8 Å². The van der Waals surface area contributed by atoms with Crippen LogP contribution < -0.4 is 5.32 Å². The zero-order valence-corrected chi connectivity index (χ0v) is 17.4. The van der Waals surface area contributed by atoms with Crippen molar-refractivity contribution in [1.82, 2.24) is 20.4 Å². The Kier molecular flexibility index (Phi) is 7.76. The molecule has 2 aromatic rings. The third-order valence-electron chi connectivity index (χ3n) is 4.92. The number of hydrogen-bond donors (Lipinski definition) is 1. The molecule has 9 heteroatoms. The fraction of sp³-hybridized carbons (Fsp3) is 0.550. The molecule has 0 aliphatic carbocycles. The second kappa shape index (κ2) is 10.5. The van der Waals surface area contributed by atoms with Gasteiger partial charge in [-0.15, -0.1) is 0 Å². The quantitative estimate of drug-likeness (QED) is 0.586. The predicted octanol–water partition coefficient (Wildman–Crippen LogP) is 1.97. The van der Waals surface area contributed by atoms with Crippen molar-refractivity contribution < 1.29 is 17.7 Å². The van der Waals surface area contributed by atoms with Crippen LogP contribution >= 0.6 is 0 Å². The van der Waals surface area contributed by atoms with E-state index in [2.05, 4.69) is 20.4 Å². The van der Waals surface area contributed by atoms with Gasteiger partial charge in [0.25, 0.3) is 0 Å². The number of likely N-dealkylation sites (tertiary alicyclic amines) is 1. The summed E-state index contributed by atoms with van der Waals surface area (Å²) < 4.78 is 29.8. The van der Waals surface area contributed by atoms with Crippen molar-refractivity contribution >= 4 is 15.7 Å². The highest BCUT2D eigenvalue weighted by molar-refractivity contribution is 7.90. The lowest BCUT2D eigenvalue weighted by Gasteiger charge is -2.26. The maximum Gasteiger partial charge on any atom is 0.227 e. The van der Waals surface area contributed by atoms with E-state index in [4.69, 9.17) is 4.52 Å². The number of aryl methyl sites for hydroxylation is 1. The zero-order chi connectivity index (χ0) is 20.5. The standard InChI is InChI=1S/C20H28N4O4S/c25-19(21-12-7-15-24-13-5-2-6-14-24)10-11-20-22-18(23-28-20)16-29(26,27)17-8-3-1-4-9-17/h1,3-4,8-9H,2,5-7,10-16H2,(H,21,25). The van der Waals surface area contributed by atoms with E-state index in [1.54, 1.807) is 18.2 Å². The van der Waals surface area contributed by atoms with E-state index >= 15 is 0 Å². The topological polar surface area (TPSA) is 105 Å². The maximum atomic E-state index is 12.3. The number of amides is 1. The first-order chi connectivity index (χ1) is 14.0. The molecule has 1 N–H and O–H groups in total. The van der Waals surface area contributed by atoms with Crippen LogP contribution in [0, 0.1) is 0 Å². The average Bonchev–Trinajstić information content (AvgIpc) is 3.18. The van der Waals surface area contributed by atoms with Crippen LogP contribution in [0.3, 0.4) is 0 Å². The van der Waals surface area contributed by atoms with Crippen LogP contribution in [0.15, 0.2) is 39.8 Å². The third kappa shape index (κ3) is 6.93. The molecule has 1 aliphatic heterocycles. The summed E-state index contributed by atoms with van der Waals surface area (Å²) in [7, 11) is -3.52. The summed E-state index contributed by atoms with van der Waals surface area (Å²) in [6.07, 6.45) is 5.32. The van der Waals surface area contributed by atoms with E-state index < -0.39 is 9.84 Å². The Morgan fingerprint density at radius 2 is 1.90 bits per heavy atom. The molecule has 158 valence electrons. The van der Waals surface area contributed by atoms with Crippen molar-refractivity contribution in [2.45, 2.75) is 49.2 Å². The minimum Gasteiger partial charge on any atom is -0.356 e. The summed E-state index contributed by atoms with van der Waals surface area (Å²) in [5.41, 5.74) is 0. The molecule has 0 atom stereocenters. The molecule has 1 fully saturated rings. The molecule has 1 saturated heterocycles. The van der Waals surface area contributed by atoms with Crippen molar-refractivity contribution in [3.05, 3.63) is 42.0 Å². The number of nitrogens with one attached hydrogen (secondary N) is 1. The number of nitrogens with zero attached hydrogens (tertiary/aromatic N) is 3. The van der Waals surface area contributed by atoms with E-state index in [1.807, 2.05) is 0 Å². The Bertz CT molecular complexity index is 877. The zero-order valence-electron chi connectivity index (χ0n) is 16.5. The lowest BCUT2D eigenvalue weighted by molar-refractivity contribution is -0.121. The van der Waals surface area contributed by atoms with E-state index in [1.165, 1.54) is 31.4 Å². The molecular formula is C20H28N4O4S. The molecule has 0 bridgehead atoms. The number of carbonyl (C=O) groups excluding carboxylic acids is 1. The van der Waals surface area contributed by atoms with Gasteiger partial charge < -0.3 is 14.7 Å². The fourth-order valence-electron chi connectivity index (χ4n) is 3.35. The molecule has 1 amide bonds. The van der Waals surface area contributed by atoms with Gasteiger partial charge >= 0.3 is 0 Å². The molecule has 1 aromatic carbocycles. The molecule has 0 saturated carbocycles. The third-order valence-corrected chi connectivity index (χ3v) is 6.55. The second-order valence-corrected chi connectivity index (χ2v) is 9.27. The Morgan fingerprint density at radius 3 is 2.66 bits per heavy atom. The maximum absolute atomic E-state index is 12.3. The van der Waals surface area contributed by atoms with E-state index in [9.17, 15) is 13.2 Å². The van der Waals surface area contributed by atoms with Crippen molar-refractivity contribution in [3.8, 4) is 0 Å². The second-order valence-electron chi connectivity index (χ2n) is 7.28. The van der Waals surface area contributed by atoms with Gasteiger partial charge in [-0.1, -0.05) is 29.8 Å². The van der Waals surface area contributed by atoms with Gasteiger partial charge in [-0.3, -0.25) is 4.79 Å². The molecule has 1 aliphatic rings. The number of carbonyl (C=O) groups is 1. The van der Waals surface area contributed by atoms with Gasteiger partial charge in [0.05, 0.1) is 4.90 Å². The average molecular weight is 421 g/mol. The van der Waals surface area contributed by atoms with E-state index in [-0.39, 0.29) is 41.1 Å². The Balaban J connectivity index is 1.37. The highest BCUT2D eigenvalue weighted by Gasteiger charge is 2.19. The number of benzene rings is 1. The first-order valence-corrected chi connectivity index (χ1v) is 11.8. The van der Waals surface area contributed by atoms with Crippen LogP contribution in [0.25, 0.3) is 0 Å². The Hall–Kier alpha value is -2.26. The van der Waals surface area contributed by atoms with Crippen LogP contribution in [0.4, 0.5) is 0 Å². The Morgan fingerprint density at radius 1 is 1.14 bits per heavy atom. The van der Waals surface area contributed by atoms with Gasteiger partial charge in [-0.25, -0.2) is 8.42 Å². The van der Waals surface area contributed by atoms with Gasteiger partial charge in [0.2, 0.25) is 11.8 Å². The van der Waals surface area contributed by atoms with Crippen LogP contribution in [0.1, 0.15) is 43.8 Å². The number of piperidine rings is 1. The van der Waals surface area contributed by atoms with E-state index in [0.717, 1.165) is 26.1 Å².